The number of hydrogen-bond donors (Lipinski definition) is 0. The van der Waals surface area contributed by atoms with E-state index < -0.39 is 0 Å². The van der Waals surface area contributed by atoms with Crippen molar-refractivity contribution in [3.05, 3.63) is 260 Å². The molecule has 2 nitrogen and oxygen atoms in total. The number of anilines is 3. The molecular weight excluding hydrogens is 835 g/mol. The summed E-state index contributed by atoms with van der Waals surface area (Å²) >= 11 is 0. The van der Waals surface area contributed by atoms with E-state index in [1.807, 2.05) is 0 Å². The Morgan fingerprint density at radius 2 is 0.710 bits per heavy atom. The fraction of sp³-hybridized carbons (Fsp3) is 0.0448. The number of fused-ring (bicyclic) bond motifs is 9. The molecule has 11 aromatic rings. The van der Waals surface area contributed by atoms with Gasteiger partial charge in [0.05, 0.1) is 0 Å². The zero-order valence-electron chi connectivity index (χ0n) is 38.5. The van der Waals surface area contributed by atoms with Crippen LogP contribution >= 0.6 is 0 Å². The number of rotatable bonds is 7. The summed E-state index contributed by atoms with van der Waals surface area (Å²) in [5.41, 5.74) is 22.5. The largest absolute Gasteiger partial charge is 0.456 e. The van der Waals surface area contributed by atoms with Crippen molar-refractivity contribution >= 4 is 27.8 Å². The van der Waals surface area contributed by atoms with E-state index in [1.54, 1.807) is 0 Å². The maximum atomic E-state index is 6.96. The topological polar surface area (TPSA) is 12.5 Å². The first-order valence-corrected chi connectivity index (χ1v) is 23.9. The highest BCUT2D eigenvalue weighted by Gasteiger charge is 2.36. The monoisotopic (exact) mass is 881 g/mol. The van der Waals surface area contributed by atoms with Gasteiger partial charge in [-0.3, -0.25) is 0 Å². The Kier molecular flexibility index (Phi) is 9.55. The van der Waals surface area contributed by atoms with Crippen LogP contribution in [0.3, 0.4) is 0 Å². The van der Waals surface area contributed by atoms with Crippen LogP contribution in [0.4, 0.5) is 17.1 Å². The SMILES string of the molecule is CC1(C)c2ccccc2-c2ccc(N(c3ccc(-c4ccccc4)cc3)c3ccc(-c4ccc(-c5ccc6c(c5)Oc5cc7ccccc7cc5-c5ccc(-c7ccccc7)cc5-6)cc4)cc3)cc21. The highest BCUT2D eigenvalue weighted by molar-refractivity contribution is 5.99. The Labute approximate surface area is 404 Å². The molecule has 2 heteroatoms. The Balaban J connectivity index is 0.836. The normalized spacial score (nSPS) is 12.7. The lowest BCUT2D eigenvalue weighted by Crippen LogP contribution is -2.16. The molecule has 1 aliphatic heterocycles. The van der Waals surface area contributed by atoms with E-state index in [-0.39, 0.29) is 5.41 Å². The molecule has 0 radical (unpaired) electrons. The van der Waals surface area contributed by atoms with Gasteiger partial charge in [0.25, 0.3) is 0 Å². The third-order valence-electron chi connectivity index (χ3n) is 14.5. The molecule has 0 spiro atoms. The molecule has 2 aliphatic rings. The molecule has 326 valence electrons. The zero-order valence-corrected chi connectivity index (χ0v) is 38.5. The second-order valence-corrected chi connectivity index (χ2v) is 18.9. The molecule has 0 amide bonds. The van der Waals surface area contributed by atoms with E-state index in [4.69, 9.17) is 4.74 Å². The van der Waals surface area contributed by atoms with Gasteiger partial charge in [0.2, 0.25) is 0 Å². The molecule has 1 heterocycles. The average molecular weight is 882 g/mol. The molecule has 0 N–H and O–H groups in total. The van der Waals surface area contributed by atoms with Crippen molar-refractivity contribution in [2.75, 3.05) is 4.90 Å². The molecule has 13 rings (SSSR count). The predicted octanol–water partition coefficient (Wildman–Crippen LogP) is 18.7. The molecule has 1 aliphatic carbocycles. The highest BCUT2D eigenvalue weighted by atomic mass is 16.5. The van der Waals surface area contributed by atoms with E-state index >= 15 is 0 Å². The Morgan fingerprint density at radius 1 is 0.275 bits per heavy atom. The van der Waals surface area contributed by atoms with Gasteiger partial charge in [-0.25, -0.2) is 0 Å². The van der Waals surface area contributed by atoms with Crippen molar-refractivity contribution < 1.29 is 4.74 Å². The van der Waals surface area contributed by atoms with Crippen LogP contribution in [-0.4, -0.2) is 0 Å². The van der Waals surface area contributed by atoms with Crippen LogP contribution in [0.5, 0.6) is 11.5 Å². The molecular formula is C67H47NO. The Hall–Kier alpha value is -8.72. The number of hydrogen-bond acceptors (Lipinski definition) is 2. The third-order valence-corrected chi connectivity index (χ3v) is 14.5. The predicted molar refractivity (Wildman–Crippen MR) is 289 cm³/mol. The molecule has 0 saturated heterocycles. The van der Waals surface area contributed by atoms with Gasteiger partial charge in [-0.1, -0.05) is 196 Å². The van der Waals surface area contributed by atoms with Crippen molar-refractivity contribution in [2.24, 2.45) is 0 Å². The molecule has 0 saturated carbocycles. The maximum absolute atomic E-state index is 6.96. The second-order valence-electron chi connectivity index (χ2n) is 18.9. The second kappa shape index (κ2) is 16.3. The summed E-state index contributed by atoms with van der Waals surface area (Å²) in [6.07, 6.45) is 0. The number of benzene rings is 11. The van der Waals surface area contributed by atoms with Crippen molar-refractivity contribution in [1.82, 2.24) is 0 Å². The van der Waals surface area contributed by atoms with Gasteiger partial charge in [-0.2, -0.15) is 0 Å². The van der Waals surface area contributed by atoms with E-state index in [1.165, 1.54) is 61.0 Å². The summed E-state index contributed by atoms with van der Waals surface area (Å²) < 4.78 is 6.96. The van der Waals surface area contributed by atoms with Crippen LogP contribution in [0.25, 0.3) is 88.7 Å². The summed E-state index contributed by atoms with van der Waals surface area (Å²) in [4.78, 5) is 2.39. The van der Waals surface area contributed by atoms with Gasteiger partial charge in [0.1, 0.15) is 11.5 Å². The van der Waals surface area contributed by atoms with Gasteiger partial charge in [-0.15, -0.1) is 0 Å². The summed E-state index contributed by atoms with van der Waals surface area (Å²) in [7, 11) is 0. The van der Waals surface area contributed by atoms with Crippen molar-refractivity contribution in [1.29, 1.82) is 0 Å². The maximum Gasteiger partial charge on any atom is 0.135 e. The van der Waals surface area contributed by atoms with E-state index in [9.17, 15) is 0 Å². The van der Waals surface area contributed by atoms with Crippen molar-refractivity contribution in [3.8, 4) is 89.4 Å². The van der Waals surface area contributed by atoms with Crippen LogP contribution < -0.4 is 9.64 Å². The molecule has 0 unspecified atom stereocenters. The fourth-order valence-corrected chi connectivity index (χ4v) is 10.8. The van der Waals surface area contributed by atoms with Gasteiger partial charge in [-0.05, 0) is 155 Å². The number of nitrogens with zero attached hydrogens (tertiary/aromatic N) is 1. The van der Waals surface area contributed by atoms with Crippen LogP contribution in [0.2, 0.25) is 0 Å². The lowest BCUT2D eigenvalue weighted by Gasteiger charge is -2.28. The van der Waals surface area contributed by atoms with Crippen LogP contribution in [0, 0.1) is 0 Å². The lowest BCUT2D eigenvalue weighted by atomic mass is 9.82. The van der Waals surface area contributed by atoms with Crippen molar-refractivity contribution in [3.63, 3.8) is 0 Å². The smallest absolute Gasteiger partial charge is 0.135 e. The molecule has 0 aromatic heterocycles. The minimum absolute atomic E-state index is 0.106. The highest BCUT2D eigenvalue weighted by Crippen LogP contribution is 2.52. The molecule has 11 aromatic carbocycles. The van der Waals surface area contributed by atoms with Crippen LogP contribution in [0.15, 0.2) is 249 Å². The number of ether oxygens (including phenoxy) is 1. The quantitative estimate of drug-likeness (QED) is 0.158. The van der Waals surface area contributed by atoms with Crippen LogP contribution in [-0.2, 0) is 5.41 Å². The summed E-state index contributed by atoms with van der Waals surface area (Å²) in [6, 6.07) is 90.5. The molecule has 69 heavy (non-hydrogen) atoms. The van der Waals surface area contributed by atoms with Crippen LogP contribution in [0.1, 0.15) is 25.0 Å². The van der Waals surface area contributed by atoms with Gasteiger partial charge >= 0.3 is 0 Å². The average Bonchev–Trinajstić information content (AvgIpc) is 3.55. The fourth-order valence-electron chi connectivity index (χ4n) is 10.8. The Bertz CT molecular complexity index is 3740. The lowest BCUT2D eigenvalue weighted by molar-refractivity contribution is 0.488. The summed E-state index contributed by atoms with van der Waals surface area (Å²) in [5, 5.41) is 2.35. The minimum Gasteiger partial charge on any atom is -0.456 e. The Morgan fingerprint density at radius 3 is 1.36 bits per heavy atom. The standard InChI is InChI=1S/C67H47NO/c1-67(2)63-20-12-11-19-58(63)59-38-35-56(43-64(59)67)68(54-31-25-47(26-32-54)44-13-5-3-6-14-44)55-33-27-48(28-34-55)46-21-23-49(24-22-46)53-30-37-60-61-39-52(45-15-7-4-8-16-45)29-36-57(61)62-40-50-17-9-10-18-51(50)41-66(62)69-65(60)42-53/h3-43H,1-2H3. The first-order chi connectivity index (χ1) is 33.9. The van der Waals surface area contributed by atoms with E-state index in [2.05, 4.69) is 267 Å². The van der Waals surface area contributed by atoms with E-state index in [0.717, 1.165) is 67.3 Å². The van der Waals surface area contributed by atoms with Gasteiger partial charge < -0.3 is 9.64 Å². The van der Waals surface area contributed by atoms with E-state index in [0.29, 0.717) is 0 Å². The first-order valence-electron chi connectivity index (χ1n) is 23.9. The first kappa shape index (κ1) is 40.5. The minimum atomic E-state index is -0.106. The summed E-state index contributed by atoms with van der Waals surface area (Å²) in [5.74, 6) is 1.72. The third kappa shape index (κ3) is 7.03. The summed E-state index contributed by atoms with van der Waals surface area (Å²) in [6.45, 7) is 4.70. The zero-order chi connectivity index (χ0) is 46.1. The van der Waals surface area contributed by atoms with Crippen molar-refractivity contribution in [2.45, 2.75) is 19.3 Å². The van der Waals surface area contributed by atoms with Gasteiger partial charge in [0, 0.05) is 33.6 Å². The van der Waals surface area contributed by atoms with Gasteiger partial charge in [0.15, 0.2) is 0 Å². The molecule has 0 atom stereocenters. The molecule has 0 fully saturated rings. The molecule has 0 bridgehead atoms.